The lowest BCUT2D eigenvalue weighted by Crippen LogP contribution is -2.32. The Hall–Kier alpha value is -4.39. The topological polar surface area (TPSA) is 69.5 Å². The average molecular weight is 511 g/mol. The zero-order valence-corrected chi connectivity index (χ0v) is 22.5. The Bertz CT molecular complexity index is 1390. The lowest BCUT2D eigenvalue weighted by molar-refractivity contribution is -0.130. The molecule has 0 aliphatic heterocycles. The Kier molecular flexibility index (Phi) is 8.58. The monoisotopic (exact) mass is 510 g/mol. The summed E-state index contributed by atoms with van der Waals surface area (Å²) in [5.41, 5.74) is 6.71. The second-order valence-electron chi connectivity index (χ2n) is 8.88. The molecule has 1 aromatic heterocycles. The fourth-order valence-corrected chi connectivity index (χ4v) is 4.46. The number of amides is 1. The Morgan fingerprint density at radius 3 is 2.18 bits per heavy atom. The largest absolute Gasteiger partial charge is 0.493 e. The number of methoxy groups -OCH3 is 2. The van der Waals surface area contributed by atoms with Gasteiger partial charge in [0.1, 0.15) is 0 Å². The first-order valence-corrected chi connectivity index (χ1v) is 12.8. The molecular weight excluding hydrogens is 476 g/mol. The molecule has 7 heteroatoms. The Balaban J connectivity index is 1.66. The predicted molar refractivity (Wildman–Crippen MR) is 151 cm³/mol. The molecule has 0 unspecified atom stereocenters. The van der Waals surface area contributed by atoms with E-state index < -0.39 is 0 Å². The highest BCUT2D eigenvalue weighted by Gasteiger charge is 2.20. The summed E-state index contributed by atoms with van der Waals surface area (Å²) in [7, 11) is 3.26. The van der Waals surface area contributed by atoms with Crippen molar-refractivity contribution in [3.8, 4) is 28.3 Å². The average Bonchev–Trinajstić information content (AvgIpc) is 3.35. The number of hydrogen-bond donors (Lipinski definition) is 0. The van der Waals surface area contributed by atoms with Gasteiger partial charge in [0, 0.05) is 19.5 Å². The summed E-state index contributed by atoms with van der Waals surface area (Å²) in [6, 6.07) is 22.2. The molecule has 0 bridgehead atoms. The van der Waals surface area contributed by atoms with Crippen molar-refractivity contribution in [2.75, 3.05) is 27.3 Å². The maximum atomic E-state index is 12.9. The van der Waals surface area contributed by atoms with Gasteiger partial charge >= 0.3 is 0 Å². The highest BCUT2D eigenvalue weighted by atomic mass is 16.5. The Morgan fingerprint density at radius 2 is 1.58 bits per heavy atom. The van der Waals surface area contributed by atoms with Gasteiger partial charge in [-0.15, -0.1) is 5.10 Å². The van der Waals surface area contributed by atoms with E-state index in [0.717, 1.165) is 33.6 Å². The van der Waals surface area contributed by atoms with Crippen molar-refractivity contribution in [1.82, 2.24) is 19.9 Å². The minimum absolute atomic E-state index is 0.0501. The van der Waals surface area contributed by atoms with Crippen molar-refractivity contribution < 1.29 is 14.3 Å². The van der Waals surface area contributed by atoms with Crippen molar-refractivity contribution in [3.05, 3.63) is 95.8 Å². The van der Waals surface area contributed by atoms with Crippen LogP contribution in [-0.2, 0) is 17.6 Å². The van der Waals surface area contributed by atoms with E-state index >= 15 is 0 Å². The summed E-state index contributed by atoms with van der Waals surface area (Å²) in [6.45, 7) is 9.14. The molecule has 196 valence electrons. The van der Waals surface area contributed by atoms with E-state index in [1.807, 2.05) is 65.9 Å². The highest BCUT2D eigenvalue weighted by molar-refractivity contribution is 5.78. The zero-order chi connectivity index (χ0) is 27.1. The van der Waals surface area contributed by atoms with Crippen LogP contribution < -0.4 is 9.47 Å². The molecule has 7 nitrogen and oxygen atoms in total. The summed E-state index contributed by atoms with van der Waals surface area (Å²) >= 11 is 0. The number of ether oxygens (including phenoxy) is 2. The number of hydrogen-bond acceptors (Lipinski definition) is 5. The first kappa shape index (κ1) is 26.7. The van der Waals surface area contributed by atoms with Gasteiger partial charge in [-0.25, -0.2) is 4.68 Å². The molecule has 0 fully saturated rings. The van der Waals surface area contributed by atoms with Crippen LogP contribution in [0, 0.1) is 0 Å². The Labute approximate surface area is 224 Å². The lowest BCUT2D eigenvalue weighted by atomic mass is 10.0. The molecule has 0 atom stereocenters. The molecular formula is C31H34N4O3. The summed E-state index contributed by atoms with van der Waals surface area (Å²) in [6.07, 6.45) is 2.61. The molecule has 1 amide bonds. The molecule has 0 saturated carbocycles. The maximum absolute atomic E-state index is 12.9. The first-order valence-electron chi connectivity index (χ1n) is 12.8. The van der Waals surface area contributed by atoms with Crippen LogP contribution in [0.15, 0.2) is 73.3 Å². The number of carbonyl (C=O) groups is 1. The summed E-state index contributed by atoms with van der Waals surface area (Å²) < 4.78 is 12.7. The van der Waals surface area contributed by atoms with Crippen molar-refractivity contribution in [3.63, 3.8) is 0 Å². The number of aromatic nitrogens is 3. The van der Waals surface area contributed by atoms with Gasteiger partial charge in [0.15, 0.2) is 11.5 Å². The fraction of sp³-hybridized carbons (Fsp3) is 0.258. The molecule has 3 aromatic carbocycles. The minimum Gasteiger partial charge on any atom is -0.493 e. The third kappa shape index (κ3) is 5.78. The van der Waals surface area contributed by atoms with E-state index in [0.29, 0.717) is 36.7 Å². The maximum Gasteiger partial charge on any atom is 0.228 e. The van der Waals surface area contributed by atoms with Crippen molar-refractivity contribution in [2.45, 2.75) is 26.7 Å². The van der Waals surface area contributed by atoms with E-state index in [1.54, 1.807) is 20.3 Å². The third-order valence-corrected chi connectivity index (χ3v) is 6.69. The van der Waals surface area contributed by atoms with Crippen LogP contribution in [0.1, 0.15) is 36.4 Å². The predicted octanol–water partition coefficient (Wildman–Crippen LogP) is 5.60. The standard InChI is InChI=1S/C31H34N4O3/c1-6-22-11-16-26(17-12-22)35-28(27(32-33-35)21-31(36)34(7-2)8-3)19-23-9-13-24(14-10-23)25-15-18-29(37-4)30(20-25)38-5/h6,9-18,20H,1,7-8,19,21H2,2-5H3. The lowest BCUT2D eigenvalue weighted by Gasteiger charge is -2.18. The summed E-state index contributed by atoms with van der Waals surface area (Å²) in [4.78, 5) is 14.7. The zero-order valence-electron chi connectivity index (χ0n) is 22.5. The van der Waals surface area contributed by atoms with Crippen molar-refractivity contribution in [1.29, 1.82) is 0 Å². The number of benzene rings is 3. The van der Waals surface area contributed by atoms with E-state index in [1.165, 1.54) is 0 Å². The van der Waals surface area contributed by atoms with Gasteiger partial charge in [-0.1, -0.05) is 60.3 Å². The number of carbonyl (C=O) groups excluding carboxylic acids is 1. The molecule has 0 aliphatic carbocycles. The third-order valence-electron chi connectivity index (χ3n) is 6.69. The highest BCUT2D eigenvalue weighted by Crippen LogP contribution is 2.32. The van der Waals surface area contributed by atoms with Crippen LogP contribution in [0.2, 0.25) is 0 Å². The van der Waals surface area contributed by atoms with Crippen LogP contribution >= 0.6 is 0 Å². The van der Waals surface area contributed by atoms with Crippen LogP contribution in [0.4, 0.5) is 0 Å². The second kappa shape index (κ2) is 12.2. The fourth-order valence-electron chi connectivity index (χ4n) is 4.46. The molecule has 4 rings (SSSR count). The van der Waals surface area contributed by atoms with Crippen molar-refractivity contribution >= 4 is 12.0 Å². The molecule has 38 heavy (non-hydrogen) atoms. The van der Waals surface area contributed by atoms with Crippen LogP contribution in [0.3, 0.4) is 0 Å². The van der Waals surface area contributed by atoms with Gasteiger partial charge in [-0.05, 0) is 60.4 Å². The van der Waals surface area contributed by atoms with E-state index in [4.69, 9.17) is 9.47 Å². The van der Waals surface area contributed by atoms with E-state index in [2.05, 4.69) is 41.2 Å². The molecule has 0 saturated heterocycles. The number of nitrogens with zero attached hydrogens (tertiary/aromatic N) is 4. The molecule has 0 radical (unpaired) electrons. The molecule has 4 aromatic rings. The minimum atomic E-state index is 0.0501. The van der Waals surface area contributed by atoms with Crippen LogP contribution in [0.25, 0.3) is 22.9 Å². The van der Waals surface area contributed by atoms with Crippen LogP contribution in [-0.4, -0.2) is 53.1 Å². The Morgan fingerprint density at radius 1 is 0.921 bits per heavy atom. The molecule has 1 heterocycles. The van der Waals surface area contributed by atoms with Gasteiger partial charge in [-0.3, -0.25) is 4.79 Å². The summed E-state index contributed by atoms with van der Waals surface area (Å²) in [5, 5.41) is 8.89. The second-order valence-corrected chi connectivity index (χ2v) is 8.88. The SMILES string of the molecule is C=Cc1ccc(-n2nnc(CC(=O)N(CC)CC)c2Cc2ccc(-c3ccc(OC)c(OC)c3)cc2)cc1. The molecule has 0 aliphatic rings. The van der Waals surface area contributed by atoms with Gasteiger partial charge in [0.2, 0.25) is 5.91 Å². The number of likely N-dealkylation sites (N-methyl/N-ethyl adjacent to an activating group) is 1. The van der Waals surface area contributed by atoms with E-state index in [-0.39, 0.29) is 12.3 Å². The first-order chi connectivity index (χ1) is 18.5. The van der Waals surface area contributed by atoms with Gasteiger partial charge in [0.05, 0.1) is 37.7 Å². The van der Waals surface area contributed by atoms with Gasteiger partial charge in [-0.2, -0.15) is 0 Å². The molecule has 0 spiro atoms. The van der Waals surface area contributed by atoms with Gasteiger partial charge < -0.3 is 14.4 Å². The normalized spacial score (nSPS) is 10.7. The smallest absolute Gasteiger partial charge is 0.228 e. The van der Waals surface area contributed by atoms with Crippen LogP contribution in [0.5, 0.6) is 11.5 Å². The summed E-state index contributed by atoms with van der Waals surface area (Å²) in [5.74, 6) is 1.43. The molecule has 0 N–H and O–H groups in total. The quantitative estimate of drug-likeness (QED) is 0.263. The van der Waals surface area contributed by atoms with Gasteiger partial charge in [0.25, 0.3) is 0 Å². The van der Waals surface area contributed by atoms with Crippen molar-refractivity contribution in [2.24, 2.45) is 0 Å². The number of rotatable bonds is 11. The van der Waals surface area contributed by atoms with E-state index in [9.17, 15) is 4.79 Å².